The first-order valence-corrected chi connectivity index (χ1v) is 9.93. The molecule has 1 fully saturated rings. The zero-order chi connectivity index (χ0) is 18.1. The molecule has 2 amide bonds. The Morgan fingerprint density at radius 3 is 2.72 bits per heavy atom. The number of aliphatic carboxylic acids is 1. The number of carbonyl (C=O) groups is 3. The van der Waals surface area contributed by atoms with E-state index in [1.807, 2.05) is 0 Å². The predicted molar refractivity (Wildman–Crippen MR) is 99.7 cm³/mol. The highest BCUT2D eigenvalue weighted by Gasteiger charge is 2.37. The first-order chi connectivity index (χ1) is 11.8. The van der Waals surface area contributed by atoms with E-state index in [9.17, 15) is 14.4 Å². The zero-order valence-electron chi connectivity index (χ0n) is 12.7. The molecule has 8 nitrogen and oxygen atoms in total. The number of aliphatic imine (C=N–C) groups is 1. The zero-order valence-corrected chi connectivity index (χ0v) is 16.7. The maximum absolute atomic E-state index is 12.3. The number of rotatable bonds is 2. The van der Waals surface area contributed by atoms with Crippen LogP contribution in [0.3, 0.4) is 0 Å². The second kappa shape index (κ2) is 7.50. The number of aromatic nitrogens is 1. The molecule has 25 heavy (non-hydrogen) atoms. The van der Waals surface area contributed by atoms with Crippen molar-refractivity contribution in [3.8, 4) is 0 Å². The standard InChI is InChI=1S/C14H14Br2N4O4S/c15-6-4-8(18-10(6)16)11(21)20-14-19-7-2-1-5(3-9(7)25-14)17-12(22)13(23)24/h4-5,7,9,18H,1-3H2,(H,17,22)(H,23,24)(H,19,20,21)/t5-,7?,9?/m0/s1. The van der Waals surface area contributed by atoms with E-state index in [0.29, 0.717) is 28.3 Å². The lowest BCUT2D eigenvalue weighted by atomic mass is 9.91. The third-order valence-electron chi connectivity index (χ3n) is 4.02. The van der Waals surface area contributed by atoms with Gasteiger partial charge in [-0.2, -0.15) is 0 Å². The van der Waals surface area contributed by atoms with Crippen LogP contribution in [0.4, 0.5) is 0 Å². The molecule has 1 aliphatic carbocycles. The normalized spacial score (nSPS) is 25.0. The average Bonchev–Trinajstić information content (AvgIpc) is 3.09. The number of carboxylic acids is 1. The second-order valence-electron chi connectivity index (χ2n) is 5.75. The number of carboxylic acid groups (broad SMARTS) is 1. The summed E-state index contributed by atoms with van der Waals surface area (Å²) >= 11 is 8.05. The van der Waals surface area contributed by atoms with Crippen LogP contribution >= 0.6 is 43.6 Å². The van der Waals surface area contributed by atoms with Crippen LogP contribution in [0.25, 0.3) is 0 Å². The quantitative estimate of drug-likeness (QED) is 0.468. The summed E-state index contributed by atoms with van der Waals surface area (Å²) in [5, 5.41) is 14.6. The summed E-state index contributed by atoms with van der Waals surface area (Å²) in [5.74, 6) is -2.75. The van der Waals surface area contributed by atoms with Gasteiger partial charge < -0.3 is 20.7 Å². The Balaban J connectivity index is 1.56. The molecule has 0 bridgehead atoms. The number of hydrogen-bond acceptors (Lipinski definition) is 5. The Bertz CT molecular complexity index is 747. The van der Waals surface area contributed by atoms with Crippen LogP contribution in [-0.2, 0) is 9.59 Å². The smallest absolute Gasteiger partial charge is 0.394 e. The molecule has 1 saturated carbocycles. The SMILES string of the molecule is O=C(O)C(=O)N[C@H]1CCC2N=C(NC(=O)c3cc(Br)c(Br)[nH]3)SC2C1. The molecule has 11 heteroatoms. The maximum Gasteiger partial charge on any atom is 0.394 e. The monoisotopic (exact) mass is 492 g/mol. The van der Waals surface area contributed by atoms with Crippen LogP contribution in [0.1, 0.15) is 29.8 Å². The van der Waals surface area contributed by atoms with Gasteiger partial charge >= 0.3 is 11.9 Å². The van der Waals surface area contributed by atoms with Crippen molar-refractivity contribution in [2.45, 2.75) is 36.6 Å². The first kappa shape index (κ1) is 18.5. The highest BCUT2D eigenvalue weighted by molar-refractivity contribution is 9.13. The molecule has 1 aromatic rings. The van der Waals surface area contributed by atoms with Gasteiger partial charge in [0.05, 0.1) is 15.1 Å². The molecule has 0 spiro atoms. The van der Waals surface area contributed by atoms with Crippen molar-refractivity contribution in [2.75, 3.05) is 0 Å². The summed E-state index contributed by atoms with van der Waals surface area (Å²) in [6.45, 7) is 0. The molecule has 1 aromatic heterocycles. The minimum Gasteiger partial charge on any atom is -0.474 e. The summed E-state index contributed by atoms with van der Waals surface area (Å²) in [6.07, 6.45) is 2.03. The molecule has 1 aliphatic heterocycles. The van der Waals surface area contributed by atoms with Gasteiger partial charge in [0.25, 0.3) is 5.91 Å². The molecule has 0 aromatic carbocycles. The minimum absolute atomic E-state index is 0.0698. The number of nitrogens with one attached hydrogen (secondary N) is 3. The molecular weight excluding hydrogens is 480 g/mol. The van der Waals surface area contributed by atoms with Crippen LogP contribution in [-0.4, -0.2) is 50.4 Å². The number of H-pyrrole nitrogens is 1. The van der Waals surface area contributed by atoms with Gasteiger partial charge in [0.2, 0.25) is 0 Å². The van der Waals surface area contributed by atoms with E-state index in [-0.39, 0.29) is 23.2 Å². The summed E-state index contributed by atoms with van der Waals surface area (Å²) in [5.41, 5.74) is 0.406. The lowest BCUT2D eigenvalue weighted by molar-refractivity contribution is -0.150. The van der Waals surface area contributed by atoms with E-state index in [4.69, 9.17) is 5.11 Å². The summed E-state index contributed by atoms with van der Waals surface area (Å²) in [7, 11) is 0. The van der Waals surface area contributed by atoms with E-state index < -0.39 is 11.9 Å². The molecule has 134 valence electrons. The molecule has 3 rings (SSSR count). The molecule has 0 saturated heterocycles. The summed E-state index contributed by atoms with van der Waals surface area (Å²) in [6, 6.07) is 1.56. The van der Waals surface area contributed by atoms with Crippen LogP contribution in [0.5, 0.6) is 0 Å². The first-order valence-electron chi connectivity index (χ1n) is 7.47. The Hall–Kier alpha value is -1.33. The van der Waals surface area contributed by atoms with E-state index in [2.05, 4.69) is 52.5 Å². The fourth-order valence-electron chi connectivity index (χ4n) is 2.84. The average molecular weight is 494 g/mol. The van der Waals surface area contributed by atoms with Crippen molar-refractivity contribution in [1.82, 2.24) is 15.6 Å². The van der Waals surface area contributed by atoms with Crippen molar-refractivity contribution in [1.29, 1.82) is 0 Å². The number of amides is 2. The summed E-state index contributed by atoms with van der Waals surface area (Å²) in [4.78, 5) is 41.6. The van der Waals surface area contributed by atoms with Gasteiger partial charge in [-0.1, -0.05) is 11.8 Å². The largest absolute Gasteiger partial charge is 0.474 e. The Kier molecular flexibility index (Phi) is 5.54. The molecular formula is C14H14Br2N4O4S. The van der Waals surface area contributed by atoms with Crippen molar-refractivity contribution in [2.24, 2.45) is 4.99 Å². The van der Waals surface area contributed by atoms with Gasteiger partial charge in [-0.15, -0.1) is 0 Å². The minimum atomic E-state index is -1.48. The molecule has 4 N–H and O–H groups in total. The lowest BCUT2D eigenvalue weighted by Gasteiger charge is -2.29. The van der Waals surface area contributed by atoms with Gasteiger partial charge in [-0.25, -0.2) is 4.79 Å². The van der Waals surface area contributed by atoms with E-state index in [1.54, 1.807) is 6.07 Å². The molecule has 2 aliphatic rings. The van der Waals surface area contributed by atoms with Gasteiger partial charge in [0, 0.05) is 11.3 Å². The molecule has 0 radical (unpaired) electrons. The summed E-state index contributed by atoms with van der Waals surface area (Å²) < 4.78 is 1.44. The number of nitrogens with zero attached hydrogens (tertiary/aromatic N) is 1. The van der Waals surface area contributed by atoms with Gasteiger partial charge in [0.1, 0.15) is 5.69 Å². The number of carbonyl (C=O) groups excluding carboxylic acids is 2. The van der Waals surface area contributed by atoms with Crippen LogP contribution < -0.4 is 10.6 Å². The highest BCUT2D eigenvalue weighted by Crippen LogP contribution is 2.36. The van der Waals surface area contributed by atoms with Crippen LogP contribution in [0.2, 0.25) is 0 Å². The van der Waals surface area contributed by atoms with Gasteiger partial charge in [-0.3, -0.25) is 14.6 Å². The van der Waals surface area contributed by atoms with E-state index >= 15 is 0 Å². The van der Waals surface area contributed by atoms with Crippen molar-refractivity contribution < 1.29 is 19.5 Å². The Morgan fingerprint density at radius 2 is 2.08 bits per heavy atom. The van der Waals surface area contributed by atoms with Gasteiger partial charge in [-0.05, 0) is 57.2 Å². The highest BCUT2D eigenvalue weighted by atomic mass is 79.9. The second-order valence-corrected chi connectivity index (χ2v) is 8.62. The molecule has 3 atom stereocenters. The van der Waals surface area contributed by atoms with Crippen molar-refractivity contribution >= 4 is 66.6 Å². The maximum atomic E-state index is 12.3. The van der Waals surface area contributed by atoms with E-state index in [1.165, 1.54) is 11.8 Å². The van der Waals surface area contributed by atoms with Crippen LogP contribution in [0, 0.1) is 0 Å². The van der Waals surface area contributed by atoms with Crippen molar-refractivity contribution in [3.63, 3.8) is 0 Å². The topological polar surface area (TPSA) is 124 Å². The predicted octanol–water partition coefficient (Wildman–Crippen LogP) is 1.86. The molecule has 2 heterocycles. The number of amidine groups is 1. The van der Waals surface area contributed by atoms with Crippen molar-refractivity contribution in [3.05, 3.63) is 20.8 Å². The number of hydrogen-bond donors (Lipinski definition) is 4. The fraction of sp³-hybridized carbons (Fsp3) is 0.429. The van der Waals surface area contributed by atoms with Crippen LogP contribution in [0.15, 0.2) is 20.1 Å². The number of halogens is 2. The van der Waals surface area contributed by atoms with Gasteiger partial charge in [0.15, 0.2) is 5.17 Å². The fourth-order valence-corrected chi connectivity index (χ4v) is 4.82. The number of aromatic amines is 1. The molecule has 2 unspecified atom stereocenters. The lowest BCUT2D eigenvalue weighted by Crippen LogP contribution is -2.44. The third kappa shape index (κ3) is 4.26. The van der Waals surface area contributed by atoms with E-state index in [0.717, 1.165) is 10.9 Å². The number of thioether (sulfide) groups is 1. The Morgan fingerprint density at radius 1 is 1.32 bits per heavy atom. The number of fused-ring (bicyclic) bond motifs is 1. The third-order valence-corrected chi connectivity index (χ3v) is 7.05. The Labute approximate surface area is 163 Å².